The molecule has 0 saturated carbocycles. The highest BCUT2D eigenvalue weighted by molar-refractivity contribution is 5.73. The Morgan fingerprint density at radius 1 is 1.33 bits per heavy atom. The Balaban J connectivity index is 1.77. The predicted octanol–water partition coefficient (Wildman–Crippen LogP) is 1.22. The SMILES string of the molecule is Cc1noc(CNC(=O)NCC(O)c2ccccc2C)n1. The summed E-state index contributed by atoms with van der Waals surface area (Å²) in [6, 6.07) is 7.09. The maximum atomic E-state index is 11.6. The molecular weight excluding hydrogens is 272 g/mol. The number of aliphatic hydroxyl groups excluding tert-OH is 1. The van der Waals surface area contributed by atoms with Crippen molar-refractivity contribution in [3.05, 3.63) is 47.1 Å². The topological polar surface area (TPSA) is 100 Å². The van der Waals surface area contributed by atoms with Crippen molar-refractivity contribution in [2.24, 2.45) is 0 Å². The summed E-state index contributed by atoms with van der Waals surface area (Å²) in [6.45, 7) is 3.88. The molecule has 0 spiro atoms. The molecule has 1 aromatic heterocycles. The van der Waals surface area contributed by atoms with Gasteiger partial charge in [0.15, 0.2) is 5.82 Å². The third-order valence-electron chi connectivity index (χ3n) is 2.97. The zero-order valence-corrected chi connectivity index (χ0v) is 12.0. The summed E-state index contributed by atoms with van der Waals surface area (Å²) >= 11 is 0. The number of rotatable bonds is 5. The zero-order valence-electron chi connectivity index (χ0n) is 12.0. The summed E-state index contributed by atoms with van der Waals surface area (Å²) in [4.78, 5) is 15.6. The smallest absolute Gasteiger partial charge is 0.315 e. The van der Waals surface area contributed by atoms with E-state index >= 15 is 0 Å². The van der Waals surface area contributed by atoms with Crippen molar-refractivity contribution >= 4 is 6.03 Å². The first-order chi connectivity index (χ1) is 10.1. The van der Waals surface area contributed by atoms with E-state index < -0.39 is 12.1 Å². The van der Waals surface area contributed by atoms with Gasteiger partial charge >= 0.3 is 6.03 Å². The number of carbonyl (C=O) groups is 1. The second-order valence-corrected chi connectivity index (χ2v) is 4.67. The molecule has 3 N–H and O–H groups in total. The van der Waals surface area contributed by atoms with Crippen LogP contribution in [0.1, 0.15) is 28.9 Å². The van der Waals surface area contributed by atoms with Gasteiger partial charge < -0.3 is 20.3 Å². The van der Waals surface area contributed by atoms with Crippen LogP contribution in [0.15, 0.2) is 28.8 Å². The van der Waals surface area contributed by atoms with Gasteiger partial charge in [0.2, 0.25) is 5.89 Å². The molecule has 1 heterocycles. The van der Waals surface area contributed by atoms with E-state index in [1.54, 1.807) is 6.92 Å². The number of urea groups is 1. The van der Waals surface area contributed by atoms with Gasteiger partial charge in [-0.2, -0.15) is 4.98 Å². The highest BCUT2D eigenvalue weighted by atomic mass is 16.5. The van der Waals surface area contributed by atoms with Crippen molar-refractivity contribution in [3.63, 3.8) is 0 Å². The van der Waals surface area contributed by atoms with Gasteiger partial charge in [-0.25, -0.2) is 4.79 Å². The fourth-order valence-corrected chi connectivity index (χ4v) is 1.89. The van der Waals surface area contributed by atoms with Crippen molar-refractivity contribution in [2.45, 2.75) is 26.5 Å². The lowest BCUT2D eigenvalue weighted by molar-refractivity contribution is 0.172. The second kappa shape index (κ2) is 6.85. The third-order valence-corrected chi connectivity index (χ3v) is 2.97. The monoisotopic (exact) mass is 290 g/mol. The standard InChI is InChI=1S/C14H18N4O3/c1-9-5-3-4-6-11(9)12(19)7-15-14(20)16-8-13-17-10(2)18-21-13/h3-6,12,19H,7-8H2,1-2H3,(H2,15,16,20). The summed E-state index contributed by atoms with van der Waals surface area (Å²) in [5.74, 6) is 0.851. The fraction of sp³-hybridized carbons (Fsp3) is 0.357. The molecule has 0 aliphatic rings. The molecule has 2 amide bonds. The molecule has 7 nitrogen and oxygen atoms in total. The van der Waals surface area contributed by atoms with Crippen LogP contribution in [0.3, 0.4) is 0 Å². The van der Waals surface area contributed by atoms with Gasteiger partial charge in [-0.1, -0.05) is 29.4 Å². The molecule has 0 saturated heterocycles. The van der Waals surface area contributed by atoms with E-state index in [-0.39, 0.29) is 13.1 Å². The molecule has 0 aliphatic heterocycles. The van der Waals surface area contributed by atoms with Crippen LogP contribution in [0.5, 0.6) is 0 Å². The number of benzene rings is 1. The number of nitrogens with zero attached hydrogens (tertiary/aromatic N) is 2. The fourth-order valence-electron chi connectivity index (χ4n) is 1.89. The van der Waals surface area contributed by atoms with Crippen LogP contribution < -0.4 is 10.6 Å². The number of aromatic nitrogens is 2. The first kappa shape index (κ1) is 15.0. The molecule has 1 atom stereocenters. The van der Waals surface area contributed by atoms with Crippen molar-refractivity contribution in [2.75, 3.05) is 6.54 Å². The molecule has 1 aromatic carbocycles. The van der Waals surface area contributed by atoms with Crippen LogP contribution in [0.2, 0.25) is 0 Å². The number of amides is 2. The lowest BCUT2D eigenvalue weighted by Crippen LogP contribution is -2.37. The van der Waals surface area contributed by atoms with Crippen LogP contribution >= 0.6 is 0 Å². The molecule has 0 aliphatic carbocycles. The van der Waals surface area contributed by atoms with Crippen molar-refractivity contribution < 1.29 is 14.4 Å². The van der Waals surface area contributed by atoms with Gasteiger partial charge in [0.05, 0.1) is 12.6 Å². The maximum absolute atomic E-state index is 11.6. The van der Waals surface area contributed by atoms with Crippen LogP contribution in [-0.2, 0) is 6.54 Å². The Labute approximate surface area is 122 Å². The van der Waals surface area contributed by atoms with Crippen molar-refractivity contribution in [1.82, 2.24) is 20.8 Å². The minimum Gasteiger partial charge on any atom is -0.387 e. The lowest BCUT2D eigenvalue weighted by Gasteiger charge is -2.14. The number of hydrogen-bond donors (Lipinski definition) is 3. The molecule has 2 rings (SSSR count). The van der Waals surface area contributed by atoms with Gasteiger partial charge in [0.1, 0.15) is 0 Å². The first-order valence-electron chi connectivity index (χ1n) is 6.60. The number of hydrogen-bond acceptors (Lipinski definition) is 5. The van der Waals surface area contributed by atoms with Gasteiger partial charge in [-0.15, -0.1) is 0 Å². The molecule has 0 bridgehead atoms. The molecule has 21 heavy (non-hydrogen) atoms. The molecule has 112 valence electrons. The molecular formula is C14H18N4O3. The number of aliphatic hydroxyl groups is 1. The minimum atomic E-state index is -0.748. The molecule has 0 fully saturated rings. The van der Waals surface area contributed by atoms with E-state index in [9.17, 15) is 9.90 Å². The first-order valence-corrected chi connectivity index (χ1v) is 6.60. The highest BCUT2D eigenvalue weighted by Gasteiger charge is 2.11. The lowest BCUT2D eigenvalue weighted by atomic mass is 10.0. The van der Waals surface area contributed by atoms with Gasteiger partial charge in [-0.3, -0.25) is 0 Å². The molecule has 2 aromatic rings. The predicted molar refractivity (Wildman–Crippen MR) is 75.4 cm³/mol. The number of aryl methyl sites for hydroxylation is 2. The third kappa shape index (κ3) is 4.28. The van der Waals surface area contributed by atoms with Crippen LogP contribution in [0.25, 0.3) is 0 Å². The molecule has 1 unspecified atom stereocenters. The van der Waals surface area contributed by atoms with E-state index in [0.29, 0.717) is 11.7 Å². The van der Waals surface area contributed by atoms with Gasteiger partial charge in [-0.05, 0) is 25.0 Å². The summed E-state index contributed by atoms with van der Waals surface area (Å²) in [5.41, 5.74) is 1.78. The Morgan fingerprint density at radius 2 is 2.10 bits per heavy atom. The van der Waals surface area contributed by atoms with Crippen LogP contribution in [-0.4, -0.2) is 27.8 Å². The van der Waals surface area contributed by atoms with Crippen molar-refractivity contribution in [1.29, 1.82) is 0 Å². The van der Waals surface area contributed by atoms with E-state index in [4.69, 9.17) is 4.52 Å². The summed E-state index contributed by atoms with van der Waals surface area (Å²) in [6.07, 6.45) is -0.748. The number of carbonyl (C=O) groups excluding carboxylic acids is 1. The Bertz CT molecular complexity index is 612. The average Bonchev–Trinajstić information content (AvgIpc) is 2.89. The second-order valence-electron chi connectivity index (χ2n) is 4.67. The van der Waals surface area contributed by atoms with E-state index in [1.807, 2.05) is 31.2 Å². The Kier molecular flexibility index (Phi) is 4.89. The molecule has 0 radical (unpaired) electrons. The zero-order chi connectivity index (χ0) is 15.2. The largest absolute Gasteiger partial charge is 0.387 e. The van der Waals surface area contributed by atoms with Crippen molar-refractivity contribution in [3.8, 4) is 0 Å². The van der Waals surface area contributed by atoms with Crippen LogP contribution in [0.4, 0.5) is 4.79 Å². The highest BCUT2D eigenvalue weighted by Crippen LogP contribution is 2.16. The summed E-state index contributed by atoms with van der Waals surface area (Å²) < 4.78 is 4.87. The Morgan fingerprint density at radius 3 is 2.76 bits per heavy atom. The number of nitrogens with one attached hydrogen (secondary N) is 2. The summed E-state index contributed by atoms with van der Waals surface area (Å²) in [5, 5.41) is 18.8. The quantitative estimate of drug-likeness (QED) is 0.768. The summed E-state index contributed by atoms with van der Waals surface area (Å²) in [7, 11) is 0. The van der Waals surface area contributed by atoms with Crippen LogP contribution in [0, 0.1) is 13.8 Å². The van der Waals surface area contributed by atoms with Gasteiger partial charge in [0, 0.05) is 6.54 Å². The van der Waals surface area contributed by atoms with Gasteiger partial charge in [0.25, 0.3) is 0 Å². The maximum Gasteiger partial charge on any atom is 0.315 e. The average molecular weight is 290 g/mol. The van der Waals surface area contributed by atoms with E-state index in [0.717, 1.165) is 11.1 Å². The Hall–Kier alpha value is -2.41. The van der Waals surface area contributed by atoms with E-state index in [2.05, 4.69) is 20.8 Å². The molecule has 7 heteroatoms. The minimum absolute atomic E-state index is 0.125. The van der Waals surface area contributed by atoms with E-state index in [1.165, 1.54) is 0 Å². The normalized spacial score (nSPS) is 12.0.